The fourth-order valence-electron chi connectivity index (χ4n) is 1.93. The number of carbonyl (C=O) groups excluding carboxylic acids is 1. The highest BCUT2D eigenvalue weighted by Gasteiger charge is 2.13. The summed E-state index contributed by atoms with van der Waals surface area (Å²) in [7, 11) is 2.00. The van der Waals surface area contributed by atoms with Gasteiger partial charge in [0, 0.05) is 39.8 Å². The highest BCUT2D eigenvalue weighted by atomic mass is 79.9. The molecule has 2 aromatic rings. The lowest BCUT2D eigenvalue weighted by Crippen LogP contribution is -2.21. The van der Waals surface area contributed by atoms with Crippen LogP contribution < -0.4 is 0 Å². The molecule has 0 atom stereocenters. The Kier molecular flexibility index (Phi) is 6.26. The number of hydrogen-bond acceptors (Lipinski definition) is 3. The Morgan fingerprint density at radius 3 is 2.81 bits per heavy atom. The topological polar surface area (TPSA) is 20.3 Å². The molecule has 112 valence electrons. The van der Waals surface area contributed by atoms with Gasteiger partial charge in [-0.15, -0.1) is 11.3 Å². The van der Waals surface area contributed by atoms with Crippen molar-refractivity contribution in [2.24, 2.45) is 0 Å². The Balaban J connectivity index is 1.90. The van der Waals surface area contributed by atoms with Crippen molar-refractivity contribution in [3.05, 3.63) is 54.6 Å². The Labute approximate surface area is 146 Å². The van der Waals surface area contributed by atoms with Gasteiger partial charge >= 0.3 is 0 Å². The van der Waals surface area contributed by atoms with E-state index in [1.807, 2.05) is 7.05 Å². The molecule has 0 saturated heterocycles. The number of ketones is 1. The molecule has 0 aliphatic rings. The minimum atomic E-state index is 0.0155. The molecule has 2 rings (SSSR count). The van der Waals surface area contributed by atoms with Gasteiger partial charge in [-0.3, -0.25) is 4.79 Å². The molecule has 0 amide bonds. The molecule has 0 aliphatic heterocycles. The molecule has 0 unspecified atom stereocenters. The van der Waals surface area contributed by atoms with Crippen LogP contribution in [0.4, 0.5) is 0 Å². The van der Waals surface area contributed by atoms with Gasteiger partial charge in [0.15, 0.2) is 5.78 Å². The van der Waals surface area contributed by atoms with E-state index in [0.29, 0.717) is 28.6 Å². The molecule has 0 N–H and O–H groups in total. The molecular formula is C15H14BrCl2NOS. The number of benzene rings is 1. The van der Waals surface area contributed by atoms with Crippen LogP contribution in [0.2, 0.25) is 10.0 Å². The zero-order valence-electron chi connectivity index (χ0n) is 11.4. The average Bonchev–Trinajstić information content (AvgIpc) is 2.84. The van der Waals surface area contributed by atoms with E-state index in [0.717, 1.165) is 11.0 Å². The molecule has 6 heteroatoms. The molecule has 21 heavy (non-hydrogen) atoms. The van der Waals surface area contributed by atoms with Crippen molar-refractivity contribution in [2.75, 3.05) is 13.6 Å². The Hall–Kier alpha value is -0.390. The third-order valence-corrected chi connectivity index (χ3v) is 5.52. The van der Waals surface area contributed by atoms with Crippen LogP contribution in [0, 0.1) is 0 Å². The van der Waals surface area contributed by atoms with Gasteiger partial charge in [0.25, 0.3) is 0 Å². The molecule has 1 aromatic carbocycles. The highest BCUT2D eigenvalue weighted by molar-refractivity contribution is 9.10. The van der Waals surface area contributed by atoms with Crippen LogP contribution >= 0.6 is 50.5 Å². The smallest absolute Gasteiger partial charge is 0.165 e. The predicted octanol–water partition coefficient (Wildman–Crippen LogP) is 5.52. The Morgan fingerprint density at radius 2 is 2.14 bits per heavy atom. The second-order valence-corrected chi connectivity index (χ2v) is 7.44. The van der Waals surface area contributed by atoms with E-state index in [9.17, 15) is 4.79 Å². The van der Waals surface area contributed by atoms with Crippen LogP contribution in [0.15, 0.2) is 34.1 Å². The van der Waals surface area contributed by atoms with Gasteiger partial charge in [-0.1, -0.05) is 29.3 Å². The lowest BCUT2D eigenvalue weighted by Gasteiger charge is -2.15. The maximum Gasteiger partial charge on any atom is 0.165 e. The fraction of sp³-hybridized carbons (Fsp3) is 0.267. The molecule has 0 fully saturated rings. The summed E-state index contributed by atoms with van der Waals surface area (Å²) in [5.74, 6) is 0.0155. The van der Waals surface area contributed by atoms with Gasteiger partial charge < -0.3 is 4.90 Å². The molecule has 1 aromatic heterocycles. The second kappa shape index (κ2) is 7.75. The minimum absolute atomic E-state index is 0.0155. The quantitative estimate of drug-likeness (QED) is 0.588. The van der Waals surface area contributed by atoms with Crippen molar-refractivity contribution in [3.63, 3.8) is 0 Å². The summed E-state index contributed by atoms with van der Waals surface area (Å²) in [5.41, 5.74) is 0.497. The monoisotopic (exact) mass is 405 g/mol. The zero-order valence-corrected chi connectivity index (χ0v) is 15.3. The van der Waals surface area contributed by atoms with E-state index in [4.69, 9.17) is 23.2 Å². The van der Waals surface area contributed by atoms with Gasteiger partial charge in [0.05, 0.1) is 10.0 Å². The van der Waals surface area contributed by atoms with E-state index in [1.165, 1.54) is 4.88 Å². The van der Waals surface area contributed by atoms with E-state index in [-0.39, 0.29) is 5.78 Å². The maximum absolute atomic E-state index is 12.2. The summed E-state index contributed by atoms with van der Waals surface area (Å²) >= 11 is 17.1. The van der Waals surface area contributed by atoms with E-state index < -0.39 is 0 Å². The fourth-order valence-corrected chi connectivity index (χ4v) is 3.86. The summed E-state index contributed by atoms with van der Waals surface area (Å²) in [5, 5.41) is 2.81. The van der Waals surface area contributed by atoms with Crippen molar-refractivity contribution < 1.29 is 4.79 Å². The number of rotatable bonds is 6. The lowest BCUT2D eigenvalue weighted by molar-refractivity contribution is 0.0968. The summed E-state index contributed by atoms with van der Waals surface area (Å²) in [6.45, 7) is 1.50. The third-order valence-electron chi connectivity index (χ3n) is 3.02. The number of thiophene rings is 1. The second-order valence-electron chi connectivity index (χ2n) is 4.74. The van der Waals surface area contributed by atoms with Gasteiger partial charge in [0.1, 0.15) is 0 Å². The Bertz CT molecular complexity index is 644. The first-order valence-electron chi connectivity index (χ1n) is 6.36. The van der Waals surface area contributed by atoms with Crippen LogP contribution in [0.3, 0.4) is 0 Å². The number of Topliss-reactive ketones (excluding diaryl/α,β-unsaturated/α-hetero) is 1. The van der Waals surface area contributed by atoms with Crippen molar-refractivity contribution in [2.45, 2.75) is 13.0 Å². The van der Waals surface area contributed by atoms with Gasteiger partial charge in [-0.05, 0) is 41.2 Å². The SMILES string of the molecule is CN(CCC(=O)c1cccc(Cl)c1Cl)Cc1cc(Br)cs1. The normalized spacial score (nSPS) is 11.1. The largest absolute Gasteiger partial charge is 0.301 e. The number of carbonyl (C=O) groups is 1. The van der Waals surface area contributed by atoms with E-state index in [2.05, 4.69) is 32.3 Å². The maximum atomic E-state index is 12.2. The molecule has 1 heterocycles. The first kappa shape index (κ1) is 17.0. The highest BCUT2D eigenvalue weighted by Crippen LogP contribution is 2.26. The van der Waals surface area contributed by atoms with Crippen LogP contribution in [0.5, 0.6) is 0 Å². The molecule has 0 radical (unpaired) electrons. The van der Waals surface area contributed by atoms with E-state index in [1.54, 1.807) is 29.5 Å². The Morgan fingerprint density at radius 1 is 1.38 bits per heavy atom. The minimum Gasteiger partial charge on any atom is -0.301 e. The lowest BCUT2D eigenvalue weighted by atomic mass is 10.1. The van der Waals surface area contributed by atoms with E-state index >= 15 is 0 Å². The molecule has 0 aliphatic carbocycles. The van der Waals surface area contributed by atoms with Crippen molar-refractivity contribution >= 4 is 56.3 Å². The van der Waals surface area contributed by atoms with Gasteiger partial charge in [-0.25, -0.2) is 0 Å². The van der Waals surface area contributed by atoms with Crippen molar-refractivity contribution in [1.29, 1.82) is 0 Å². The summed E-state index contributed by atoms with van der Waals surface area (Å²) in [6.07, 6.45) is 0.420. The average molecular weight is 407 g/mol. The third kappa shape index (κ3) is 4.80. The first-order valence-corrected chi connectivity index (χ1v) is 8.79. The standard InChI is InChI=1S/C15H14BrCl2NOS/c1-19(8-11-7-10(16)9-21-11)6-5-14(20)12-3-2-4-13(17)15(12)18/h2-4,7,9H,5-6,8H2,1H3. The zero-order chi connectivity index (χ0) is 15.4. The van der Waals surface area contributed by atoms with Crippen molar-refractivity contribution in [3.8, 4) is 0 Å². The molecule has 2 nitrogen and oxygen atoms in total. The van der Waals surface area contributed by atoms with Crippen LogP contribution in [-0.2, 0) is 6.54 Å². The summed E-state index contributed by atoms with van der Waals surface area (Å²) in [6, 6.07) is 7.24. The predicted molar refractivity (Wildman–Crippen MR) is 93.8 cm³/mol. The van der Waals surface area contributed by atoms with Crippen LogP contribution in [-0.4, -0.2) is 24.3 Å². The number of hydrogen-bond donors (Lipinski definition) is 0. The molecular weight excluding hydrogens is 393 g/mol. The number of halogens is 3. The molecule has 0 saturated carbocycles. The molecule has 0 spiro atoms. The van der Waals surface area contributed by atoms with Crippen molar-refractivity contribution in [1.82, 2.24) is 4.90 Å². The summed E-state index contributed by atoms with van der Waals surface area (Å²) in [4.78, 5) is 15.6. The summed E-state index contributed by atoms with van der Waals surface area (Å²) < 4.78 is 1.10. The molecule has 0 bridgehead atoms. The van der Waals surface area contributed by atoms with Crippen LogP contribution in [0.1, 0.15) is 21.7 Å². The van der Waals surface area contributed by atoms with Gasteiger partial charge in [-0.2, -0.15) is 0 Å². The van der Waals surface area contributed by atoms with Crippen LogP contribution in [0.25, 0.3) is 0 Å². The number of nitrogens with zero attached hydrogens (tertiary/aromatic N) is 1. The first-order chi connectivity index (χ1) is 9.97. The van der Waals surface area contributed by atoms with Gasteiger partial charge in [0.2, 0.25) is 0 Å².